The molecule has 6 heteroatoms. The van der Waals surface area contributed by atoms with E-state index in [0.717, 1.165) is 56.3 Å². The number of nitrogens with zero attached hydrogens (tertiary/aromatic N) is 1. The van der Waals surface area contributed by atoms with Crippen LogP contribution in [0.25, 0.3) is 0 Å². The van der Waals surface area contributed by atoms with Gasteiger partial charge in [-0.3, -0.25) is 9.59 Å². The maximum absolute atomic E-state index is 14.4. The fraction of sp³-hybridized carbons (Fsp3) is 0.781. The molecule has 3 fully saturated rings. The van der Waals surface area contributed by atoms with Gasteiger partial charge in [-0.2, -0.15) is 0 Å². The van der Waals surface area contributed by atoms with E-state index in [1.807, 2.05) is 12.3 Å². The van der Waals surface area contributed by atoms with Crippen LogP contribution in [0.4, 0.5) is 0 Å². The molecule has 1 unspecified atom stereocenters. The SMILES string of the molecule is COC(=O)[C@@H]1CC(C)(C)C[C@@H]2C1CC[C@]1(C)[C@@H]2C(=O)C=C2[C@@]3(C)Cc4cnoc4[C@@](C)(CO)[C@@H]3CC[C@]21C. The number of ketones is 1. The molecule has 5 aliphatic carbocycles. The predicted molar refractivity (Wildman–Crippen MR) is 143 cm³/mol. The number of esters is 1. The minimum absolute atomic E-state index is 0.00103. The Bertz CT molecular complexity index is 1210. The summed E-state index contributed by atoms with van der Waals surface area (Å²) >= 11 is 0. The van der Waals surface area contributed by atoms with Crippen LogP contribution in [0.5, 0.6) is 0 Å². The third-order valence-electron chi connectivity index (χ3n) is 12.8. The average Bonchev–Trinajstić information content (AvgIpc) is 3.32. The fourth-order valence-electron chi connectivity index (χ4n) is 11.0. The molecule has 3 saturated carbocycles. The first-order valence-corrected chi connectivity index (χ1v) is 14.6. The summed E-state index contributed by atoms with van der Waals surface area (Å²) in [5.74, 6) is 1.31. The van der Waals surface area contributed by atoms with Gasteiger partial charge in [0, 0.05) is 11.5 Å². The number of hydrogen-bond acceptors (Lipinski definition) is 6. The van der Waals surface area contributed by atoms with Gasteiger partial charge in [-0.1, -0.05) is 45.3 Å². The molecular weight excluding hydrogens is 478 g/mol. The number of methoxy groups -OCH3 is 1. The van der Waals surface area contributed by atoms with Crippen molar-refractivity contribution in [2.24, 2.45) is 51.2 Å². The predicted octanol–water partition coefficient (Wildman–Crippen LogP) is 5.67. The lowest BCUT2D eigenvalue weighted by molar-refractivity contribution is -0.172. The van der Waals surface area contributed by atoms with E-state index in [-0.39, 0.29) is 69.6 Å². The topological polar surface area (TPSA) is 89.6 Å². The molecule has 0 bridgehead atoms. The highest BCUT2D eigenvalue weighted by Crippen LogP contribution is 2.73. The highest BCUT2D eigenvalue weighted by molar-refractivity contribution is 5.95. The van der Waals surface area contributed by atoms with Crippen LogP contribution in [0, 0.1) is 51.2 Å². The van der Waals surface area contributed by atoms with Crippen LogP contribution in [0.2, 0.25) is 0 Å². The highest BCUT2D eigenvalue weighted by atomic mass is 16.5. The van der Waals surface area contributed by atoms with E-state index < -0.39 is 5.41 Å². The first-order chi connectivity index (χ1) is 17.8. The van der Waals surface area contributed by atoms with Crippen molar-refractivity contribution in [3.05, 3.63) is 29.2 Å². The number of ether oxygens (including phenoxy) is 1. The number of hydrogen-bond donors (Lipinski definition) is 1. The van der Waals surface area contributed by atoms with Crippen LogP contribution in [0.15, 0.2) is 22.4 Å². The van der Waals surface area contributed by atoms with Crippen LogP contribution >= 0.6 is 0 Å². The minimum atomic E-state index is -0.527. The van der Waals surface area contributed by atoms with Crippen molar-refractivity contribution in [2.45, 2.75) is 91.9 Å². The molecule has 0 aromatic carbocycles. The number of carbonyl (C=O) groups is 2. The molecule has 6 nitrogen and oxygen atoms in total. The van der Waals surface area contributed by atoms with E-state index in [2.05, 4.69) is 46.7 Å². The highest BCUT2D eigenvalue weighted by Gasteiger charge is 2.69. The molecule has 1 aromatic rings. The Morgan fingerprint density at radius 1 is 1.11 bits per heavy atom. The minimum Gasteiger partial charge on any atom is -0.469 e. The number of aliphatic hydroxyl groups is 1. The molecule has 6 rings (SSSR count). The second kappa shape index (κ2) is 8.05. The second-order valence-corrected chi connectivity index (χ2v) is 15.2. The molecule has 0 radical (unpaired) electrons. The largest absolute Gasteiger partial charge is 0.469 e. The summed E-state index contributed by atoms with van der Waals surface area (Å²) < 4.78 is 11.0. The van der Waals surface area contributed by atoms with Gasteiger partial charge in [-0.25, -0.2) is 0 Å². The van der Waals surface area contributed by atoms with Crippen LogP contribution in [-0.2, 0) is 26.2 Å². The monoisotopic (exact) mass is 523 g/mol. The van der Waals surface area contributed by atoms with Crippen LogP contribution in [0.3, 0.4) is 0 Å². The summed E-state index contributed by atoms with van der Waals surface area (Å²) in [6, 6.07) is 0. The van der Waals surface area contributed by atoms with Crippen molar-refractivity contribution >= 4 is 11.8 Å². The third-order valence-corrected chi connectivity index (χ3v) is 12.8. The average molecular weight is 524 g/mol. The van der Waals surface area contributed by atoms with Gasteiger partial charge >= 0.3 is 5.97 Å². The zero-order valence-electron chi connectivity index (χ0n) is 24.2. The molecule has 0 amide bonds. The zero-order valence-corrected chi connectivity index (χ0v) is 24.2. The molecule has 208 valence electrons. The van der Waals surface area contributed by atoms with Gasteiger partial charge < -0.3 is 14.4 Å². The van der Waals surface area contributed by atoms with Gasteiger partial charge in [0.05, 0.1) is 31.2 Å². The van der Waals surface area contributed by atoms with Gasteiger partial charge in [-0.05, 0) is 97.4 Å². The molecule has 0 spiro atoms. The Balaban J connectivity index is 1.47. The fourth-order valence-corrected chi connectivity index (χ4v) is 11.0. The van der Waals surface area contributed by atoms with Gasteiger partial charge in [0.1, 0.15) is 5.76 Å². The van der Waals surface area contributed by atoms with E-state index in [1.165, 1.54) is 12.7 Å². The van der Waals surface area contributed by atoms with Crippen molar-refractivity contribution in [1.29, 1.82) is 0 Å². The van der Waals surface area contributed by atoms with Gasteiger partial charge in [-0.15, -0.1) is 0 Å². The lowest BCUT2D eigenvalue weighted by Gasteiger charge is -2.68. The van der Waals surface area contributed by atoms with Gasteiger partial charge in [0.15, 0.2) is 5.78 Å². The molecule has 0 aliphatic heterocycles. The molecular formula is C32H45NO5. The molecule has 38 heavy (non-hydrogen) atoms. The molecule has 5 aliphatic rings. The van der Waals surface area contributed by atoms with E-state index >= 15 is 0 Å². The van der Waals surface area contributed by atoms with E-state index in [0.29, 0.717) is 0 Å². The standard InChI is InChI=1S/C32H45NO5/c1-28(2)14-20-19(21(15-28)27(36)37-7)8-10-32(6)25(20)22(35)12-24-29(3)13-18-16-33-38-26(18)30(4,17-34)23(29)9-11-31(24,32)5/h12,16,19-21,23,25,34H,8-11,13-15,17H2,1-7H3/t19?,20-,21-,23-,25+,29+,30+,31-,32-/m1/s1. The number of fused-ring (bicyclic) bond motifs is 8. The second-order valence-electron chi connectivity index (χ2n) is 15.2. The summed E-state index contributed by atoms with van der Waals surface area (Å²) in [6.45, 7) is 13.7. The normalized spacial score (nSPS) is 47.0. The lowest BCUT2D eigenvalue weighted by Crippen LogP contribution is -2.64. The maximum atomic E-state index is 14.4. The Labute approximate surface area is 226 Å². The number of rotatable bonds is 2. The van der Waals surface area contributed by atoms with Crippen LogP contribution in [-0.4, -0.2) is 35.7 Å². The Kier molecular flexibility index (Phi) is 5.57. The molecule has 9 atom stereocenters. The summed E-state index contributed by atoms with van der Waals surface area (Å²) in [7, 11) is 1.50. The third kappa shape index (κ3) is 3.13. The number of aliphatic hydroxyl groups excluding tert-OH is 1. The van der Waals surface area contributed by atoms with E-state index in [4.69, 9.17) is 9.26 Å². The van der Waals surface area contributed by atoms with Crippen LogP contribution in [0.1, 0.15) is 91.4 Å². The van der Waals surface area contributed by atoms with Gasteiger partial charge in [0.25, 0.3) is 0 Å². The summed E-state index contributed by atoms with van der Waals surface area (Å²) in [5, 5.41) is 14.8. The Morgan fingerprint density at radius 2 is 1.84 bits per heavy atom. The zero-order chi connectivity index (χ0) is 27.5. The number of carbonyl (C=O) groups excluding carboxylic acids is 2. The first-order valence-electron chi connectivity index (χ1n) is 14.6. The molecule has 1 heterocycles. The Hall–Kier alpha value is -1.95. The van der Waals surface area contributed by atoms with Crippen molar-refractivity contribution in [2.75, 3.05) is 13.7 Å². The quantitative estimate of drug-likeness (QED) is 0.503. The van der Waals surface area contributed by atoms with Crippen molar-refractivity contribution in [1.82, 2.24) is 5.16 Å². The molecule has 1 N–H and O–H groups in total. The van der Waals surface area contributed by atoms with E-state index in [9.17, 15) is 14.7 Å². The lowest BCUT2D eigenvalue weighted by atomic mass is 9.35. The van der Waals surface area contributed by atoms with Gasteiger partial charge in [0.2, 0.25) is 0 Å². The summed E-state index contributed by atoms with van der Waals surface area (Å²) in [6.07, 6.45) is 10.3. The van der Waals surface area contributed by atoms with E-state index in [1.54, 1.807) is 0 Å². The number of allylic oxidation sites excluding steroid dienone is 2. The summed E-state index contributed by atoms with van der Waals surface area (Å²) in [4.78, 5) is 27.4. The molecule has 0 saturated heterocycles. The smallest absolute Gasteiger partial charge is 0.308 e. The van der Waals surface area contributed by atoms with Crippen molar-refractivity contribution in [3.8, 4) is 0 Å². The Morgan fingerprint density at radius 3 is 2.53 bits per heavy atom. The first kappa shape index (κ1) is 26.3. The summed E-state index contributed by atoms with van der Waals surface area (Å²) in [5.41, 5.74) is 1.23. The van der Waals surface area contributed by atoms with Crippen molar-refractivity contribution in [3.63, 3.8) is 0 Å². The van der Waals surface area contributed by atoms with Crippen LogP contribution < -0.4 is 0 Å². The maximum Gasteiger partial charge on any atom is 0.308 e. The molecule has 1 aromatic heterocycles. The number of aromatic nitrogens is 1. The van der Waals surface area contributed by atoms with Crippen molar-refractivity contribution < 1.29 is 24.0 Å².